The van der Waals surface area contributed by atoms with E-state index >= 15 is 0 Å². The Morgan fingerprint density at radius 2 is 2.25 bits per heavy atom. The van der Waals surface area contributed by atoms with Gasteiger partial charge in [-0.05, 0) is 0 Å². The Morgan fingerprint density at radius 1 is 2.00 bits per heavy atom. The van der Waals surface area contributed by atoms with Gasteiger partial charge in [-0.2, -0.15) is 0 Å². The van der Waals surface area contributed by atoms with Gasteiger partial charge in [0.1, 0.15) is 0 Å². The molecule has 4 heavy (non-hydrogen) atoms. The van der Waals surface area contributed by atoms with Crippen LogP contribution in [0.4, 0.5) is 0 Å². The maximum Gasteiger partial charge on any atom is 0.0794 e. The van der Waals surface area contributed by atoms with Crippen molar-refractivity contribution in [1.29, 1.82) is 0 Å². The average molecular weight is 75.1 g/mol. The molecule has 0 aromatic carbocycles. The lowest BCUT2D eigenvalue weighted by Gasteiger charge is -1.56. The molecule has 0 fully saturated rings. The Hall–Kier alpha value is 0.0500. The van der Waals surface area contributed by atoms with E-state index in [1.165, 1.54) is 0 Å². The van der Waals surface area contributed by atoms with Crippen LogP contribution in [0.2, 0.25) is 0 Å². The summed E-state index contributed by atoms with van der Waals surface area (Å²) >= 11 is 4.05. The van der Waals surface area contributed by atoms with Crippen LogP contribution in [0.15, 0.2) is 0 Å². The molecule has 0 spiro atoms. The molecule has 0 saturated carbocycles. The van der Waals surface area contributed by atoms with Crippen molar-refractivity contribution >= 4 is 17.6 Å². The van der Waals surface area contributed by atoms with Crippen molar-refractivity contribution < 1.29 is 5.11 Å². The van der Waals surface area contributed by atoms with Crippen molar-refractivity contribution in [3.8, 4) is 0 Å². The summed E-state index contributed by atoms with van der Waals surface area (Å²) in [4.78, 5) is 0. The quantitative estimate of drug-likeness (QED) is 0.437. The molecule has 0 aliphatic heterocycles. The normalized spacial score (nSPS) is 6.25. The van der Waals surface area contributed by atoms with Gasteiger partial charge in [-0.1, -0.05) is 12.2 Å². The Labute approximate surface area is 30.3 Å². The Bertz CT molecular complexity index is 20.0. The van der Waals surface area contributed by atoms with Crippen LogP contribution in [-0.2, 0) is 0 Å². The number of rotatable bonds is 1. The van der Waals surface area contributed by atoms with Crippen LogP contribution in [0.3, 0.4) is 0 Å². The van der Waals surface area contributed by atoms with E-state index in [9.17, 15) is 0 Å². The first-order valence-electron chi connectivity index (χ1n) is 0.874. The monoisotopic (exact) mass is 75.0 g/mol. The standard InChI is InChI=1S/C2H3OS/c3-1-2-4/h3H,1H2. The summed E-state index contributed by atoms with van der Waals surface area (Å²) in [7, 11) is 0. The fourth-order valence-corrected chi connectivity index (χ4v) is 0. The summed E-state index contributed by atoms with van der Waals surface area (Å²) in [6, 6.07) is 0. The van der Waals surface area contributed by atoms with E-state index < -0.39 is 0 Å². The molecular formula is C2H3OS. The van der Waals surface area contributed by atoms with E-state index in [2.05, 4.69) is 17.6 Å². The summed E-state index contributed by atoms with van der Waals surface area (Å²) in [5.41, 5.74) is 0. The molecule has 0 aromatic heterocycles. The van der Waals surface area contributed by atoms with E-state index in [-0.39, 0.29) is 6.61 Å². The maximum absolute atomic E-state index is 7.66. The number of hydrogen-bond donors (Lipinski definition) is 1. The minimum Gasteiger partial charge on any atom is -0.391 e. The van der Waals surface area contributed by atoms with Crippen LogP contribution in [-0.4, -0.2) is 17.1 Å². The predicted molar refractivity (Wildman–Crippen MR) is 19.7 cm³/mol. The van der Waals surface area contributed by atoms with Crippen molar-refractivity contribution in [3.63, 3.8) is 0 Å². The molecule has 0 saturated heterocycles. The maximum atomic E-state index is 7.66. The highest BCUT2D eigenvalue weighted by molar-refractivity contribution is 7.79. The highest BCUT2D eigenvalue weighted by atomic mass is 32.1. The highest BCUT2D eigenvalue weighted by Gasteiger charge is 1.50. The molecular weight excluding hydrogens is 72.1 g/mol. The van der Waals surface area contributed by atoms with Gasteiger partial charge in [-0.25, -0.2) is 0 Å². The molecule has 0 unspecified atom stereocenters. The van der Waals surface area contributed by atoms with E-state index in [1.54, 1.807) is 0 Å². The summed E-state index contributed by atoms with van der Waals surface area (Å²) in [6.45, 7) is -0.116. The van der Waals surface area contributed by atoms with Crippen LogP contribution in [0.5, 0.6) is 0 Å². The largest absolute Gasteiger partial charge is 0.391 e. The van der Waals surface area contributed by atoms with Gasteiger partial charge < -0.3 is 5.11 Å². The van der Waals surface area contributed by atoms with Crippen molar-refractivity contribution in [2.45, 2.75) is 0 Å². The van der Waals surface area contributed by atoms with E-state index in [0.717, 1.165) is 0 Å². The molecule has 0 aromatic rings. The molecule has 1 N–H and O–H groups in total. The molecule has 0 aliphatic carbocycles. The van der Waals surface area contributed by atoms with Crippen molar-refractivity contribution in [2.24, 2.45) is 0 Å². The fraction of sp³-hybridized carbons (Fsp3) is 0.500. The fourth-order valence-electron chi connectivity index (χ4n) is 0. The second kappa shape index (κ2) is 3.05. The molecule has 0 aliphatic rings. The molecule has 1 nitrogen and oxygen atoms in total. The smallest absolute Gasteiger partial charge is 0.0794 e. The lowest BCUT2D eigenvalue weighted by atomic mass is 10.9. The van der Waals surface area contributed by atoms with Gasteiger partial charge >= 0.3 is 0 Å². The average Bonchev–Trinajstić information content (AvgIpc) is 1.37. The first-order chi connectivity index (χ1) is 1.91. The molecule has 1 radical (unpaired) electrons. The van der Waals surface area contributed by atoms with Gasteiger partial charge in [0.25, 0.3) is 0 Å². The third-order valence-electron chi connectivity index (χ3n) is 0.0645. The van der Waals surface area contributed by atoms with E-state index in [0.29, 0.717) is 0 Å². The zero-order valence-corrected chi connectivity index (χ0v) is 2.88. The molecule has 0 heterocycles. The Kier molecular flexibility index (Phi) is 3.09. The summed E-state index contributed by atoms with van der Waals surface area (Å²) in [5, 5.41) is 9.73. The van der Waals surface area contributed by atoms with Gasteiger partial charge in [0, 0.05) is 0 Å². The van der Waals surface area contributed by atoms with E-state index in [4.69, 9.17) is 5.11 Å². The van der Waals surface area contributed by atoms with Gasteiger partial charge in [0.05, 0.1) is 12.0 Å². The third kappa shape index (κ3) is 2.05. The SMILES string of the molecule is OC[C]=S. The van der Waals surface area contributed by atoms with Crippen molar-refractivity contribution in [3.05, 3.63) is 0 Å². The zero-order chi connectivity index (χ0) is 3.41. The zero-order valence-electron chi connectivity index (χ0n) is 2.06. The lowest BCUT2D eigenvalue weighted by Crippen LogP contribution is -1.72. The first kappa shape index (κ1) is 4.05. The van der Waals surface area contributed by atoms with Gasteiger partial charge in [-0.15, -0.1) is 0 Å². The van der Waals surface area contributed by atoms with Gasteiger partial charge in [0.15, 0.2) is 0 Å². The second-order valence-electron chi connectivity index (χ2n) is 0.302. The van der Waals surface area contributed by atoms with Crippen LogP contribution in [0, 0.1) is 0 Å². The number of aliphatic hydroxyl groups excluding tert-OH is 1. The molecule has 23 valence electrons. The molecule has 2 heteroatoms. The second-order valence-corrected chi connectivity index (χ2v) is 0.591. The Balaban J connectivity index is 2.30. The number of aliphatic hydroxyl groups is 1. The van der Waals surface area contributed by atoms with Crippen LogP contribution in [0.1, 0.15) is 0 Å². The minimum absolute atomic E-state index is 0.116. The highest BCUT2D eigenvalue weighted by Crippen LogP contribution is 1.39. The van der Waals surface area contributed by atoms with Crippen LogP contribution >= 0.6 is 12.2 Å². The van der Waals surface area contributed by atoms with Gasteiger partial charge in [0.2, 0.25) is 0 Å². The number of hydrogen-bond acceptors (Lipinski definition) is 2. The molecule has 0 amide bonds. The molecule has 0 rings (SSSR count). The van der Waals surface area contributed by atoms with E-state index in [1.807, 2.05) is 0 Å². The van der Waals surface area contributed by atoms with Gasteiger partial charge in [-0.3, -0.25) is 0 Å². The Morgan fingerprint density at radius 3 is 2.25 bits per heavy atom. The summed E-state index contributed by atoms with van der Waals surface area (Å²) in [6.07, 6.45) is 0. The minimum atomic E-state index is -0.116. The number of thiocarbonyl (C=S) groups is 1. The molecule has 0 bridgehead atoms. The first-order valence-corrected chi connectivity index (χ1v) is 1.28. The summed E-state index contributed by atoms with van der Waals surface area (Å²) < 4.78 is 0. The van der Waals surface area contributed by atoms with Crippen molar-refractivity contribution in [1.82, 2.24) is 0 Å². The lowest BCUT2D eigenvalue weighted by molar-refractivity contribution is 0.363. The third-order valence-corrected chi connectivity index (χ3v) is 0.194. The molecule has 0 atom stereocenters. The predicted octanol–water partition coefficient (Wildman–Crippen LogP) is -0.145. The van der Waals surface area contributed by atoms with Crippen LogP contribution in [0.25, 0.3) is 0 Å². The van der Waals surface area contributed by atoms with Crippen LogP contribution < -0.4 is 0 Å². The summed E-state index contributed by atoms with van der Waals surface area (Å²) in [5.74, 6) is 0. The van der Waals surface area contributed by atoms with Crippen molar-refractivity contribution in [2.75, 3.05) is 6.61 Å². The topological polar surface area (TPSA) is 20.2 Å².